The van der Waals surface area contributed by atoms with Crippen molar-refractivity contribution in [3.8, 4) is 0 Å². The minimum absolute atomic E-state index is 0.195. The van der Waals surface area contributed by atoms with Gasteiger partial charge in [-0.3, -0.25) is 4.90 Å². The van der Waals surface area contributed by atoms with Crippen LogP contribution in [0.15, 0.2) is 18.2 Å². The average molecular weight is 250 g/mol. The van der Waals surface area contributed by atoms with Gasteiger partial charge in [-0.1, -0.05) is 19.9 Å². The number of piperidine rings is 1. The van der Waals surface area contributed by atoms with E-state index in [4.69, 9.17) is 5.73 Å². The van der Waals surface area contributed by atoms with Crippen molar-refractivity contribution in [3.63, 3.8) is 0 Å². The molecule has 1 aromatic rings. The second-order valence-corrected chi connectivity index (χ2v) is 5.76. The number of nitrogens with zero attached hydrogens (tertiary/aromatic N) is 1. The summed E-state index contributed by atoms with van der Waals surface area (Å²) in [5.74, 6) is 1.30. The summed E-state index contributed by atoms with van der Waals surface area (Å²) in [5.41, 5.74) is 7.79. The van der Waals surface area contributed by atoms with Crippen LogP contribution >= 0.6 is 0 Å². The Morgan fingerprint density at radius 1 is 1.22 bits per heavy atom. The molecule has 1 aromatic carbocycles. The first kappa shape index (κ1) is 13.5. The van der Waals surface area contributed by atoms with Crippen molar-refractivity contribution in [2.75, 3.05) is 13.1 Å². The van der Waals surface area contributed by atoms with Crippen molar-refractivity contribution in [2.45, 2.75) is 33.4 Å². The van der Waals surface area contributed by atoms with Gasteiger partial charge in [-0.2, -0.15) is 0 Å². The predicted molar refractivity (Wildman–Crippen MR) is 72.5 cm³/mol. The summed E-state index contributed by atoms with van der Waals surface area (Å²) in [6.45, 7) is 8.17. The molecule has 1 saturated heterocycles. The summed E-state index contributed by atoms with van der Waals surface area (Å²) >= 11 is 0. The molecule has 0 aromatic heterocycles. The third-order valence-corrected chi connectivity index (χ3v) is 3.73. The highest BCUT2D eigenvalue weighted by Crippen LogP contribution is 2.23. The smallest absolute Gasteiger partial charge is 0.123 e. The zero-order valence-corrected chi connectivity index (χ0v) is 11.3. The van der Waals surface area contributed by atoms with E-state index < -0.39 is 0 Å². The third-order valence-electron chi connectivity index (χ3n) is 3.73. The van der Waals surface area contributed by atoms with Crippen molar-refractivity contribution in [2.24, 2.45) is 17.6 Å². The SMILES string of the molecule is CC1CC(C)CN(Cc2ccc(F)cc2CN)C1. The van der Waals surface area contributed by atoms with Crippen LogP contribution in [-0.4, -0.2) is 18.0 Å². The van der Waals surface area contributed by atoms with Gasteiger partial charge in [0.2, 0.25) is 0 Å². The van der Waals surface area contributed by atoms with Gasteiger partial charge in [-0.25, -0.2) is 4.39 Å². The predicted octanol–water partition coefficient (Wildman–Crippen LogP) is 2.76. The first-order valence-corrected chi connectivity index (χ1v) is 6.78. The summed E-state index contributed by atoms with van der Waals surface area (Å²) < 4.78 is 13.2. The number of hydrogen-bond acceptors (Lipinski definition) is 2. The molecule has 0 aliphatic carbocycles. The van der Waals surface area contributed by atoms with E-state index in [1.165, 1.54) is 18.1 Å². The van der Waals surface area contributed by atoms with Gasteiger partial charge < -0.3 is 5.73 Å². The van der Waals surface area contributed by atoms with E-state index in [-0.39, 0.29) is 5.82 Å². The fourth-order valence-electron chi connectivity index (χ4n) is 3.10. The molecule has 3 heteroatoms. The lowest BCUT2D eigenvalue weighted by molar-refractivity contribution is 0.134. The topological polar surface area (TPSA) is 29.3 Å². The molecule has 100 valence electrons. The number of halogens is 1. The molecule has 1 heterocycles. The second-order valence-electron chi connectivity index (χ2n) is 5.76. The van der Waals surface area contributed by atoms with Crippen molar-refractivity contribution >= 4 is 0 Å². The minimum Gasteiger partial charge on any atom is -0.326 e. The summed E-state index contributed by atoms with van der Waals surface area (Å²) in [7, 11) is 0. The molecule has 2 unspecified atom stereocenters. The van der Waals surface area contributed by atoms with Crippen molar-refractivity contribution in [3.05, 3.63) is 35.1 Å². The molecule has 2 N–H and O–H groups in total. The monoisotopic (exact) mass is 250 g/mol. The third kappa shape index (κ3) is 3.30. The van der Waals surface area contributed by atoms with Crippen molar-refractivity contribution in [1.29, 1.82) is 0 Å². The maximum atomic E-state index is 13.2. The van der Waals surface area contributed by atoms with Crippen LogP contribution in [0.1, 0.15) is 31.4 Å². The molecule has 18 heavy (non-hydrogen) atoms. The van der Waals surface area contributed by atoms with E-state index in [1.807, 2.05) is 6.07 Å². The Kier molecular flexibility index (Phi) is 4.36. The van der Waals surface area contributed by atoms with E-state index in [2.05, 4.69) is 18.7 Å². The summed E-state index contributed by atoms with van der Waals surface area (Å²) in [5, 5.41) is 0. The number of likely N-dealkylation sites (tertiary alicyclic amines) is 1. The van der Waals surface area contributed by atoms with Gasteiger partial charge >= 0.3 is 0 Å². The first-order valence-electron chi connectivity index (χ1n) is 6.78. The maximum absolute atomic E-state index is 13.2. The molecule has 1 aliphatic heterocycles. The van der Waals surface area contributed by atoms with E-state index in [1.54, 1.807) is 6.07 Å². The highest BCUT2D eigenvalue weighted by Gasteiger charge is 2.22. The molecule has 0 saturated carbocycles. The average Bonchev–Trinajstić information content (AvgIpc) is 2.30. The summed E-state index contributed by atoms with van der Waals surface area (Å²) in [4.78, 5) is 2.46. The van der Waals surface area contributed by atoms with Crippen LogP contribution in [-0.2, 0) is 13.1 Å². The molecule has 2 nitrogen and oxygen atoms in total. The van der Waals surface area contributed by atoms with Crippen molar-refractivity contribution < 1.29 is 4.39 Å². The molecule has 0 amide bonds. The van der Waals surface area contributed by atoms with Gasteiger partial charge in [0.1, 0.15) is 5.82 Å². The fraction of sp³-hybridized carbons (Fsp3) is 0.600. The van der Waals surface area contributed by atoms with Crippen LogP contribution in [0.25, 0.3) is 0 Å². The molecule has 1 fully saturated rings. The first-order chi connectivity index (χ1) is 8.58. The van der Waals surface area contributed by atoms with Gasteiger partial charge in [0.25, 0.3) is 0 Å². The van der Waals surface area contributed by atoms with Gasteiger partial charge in [0.15, 0.2) is 0 Å². The highest BCUT2D eigenvalue weighted by atomic mass is 19.1. The molecular weight excluding hydrogens is 227 g/mol. The van der Waals surface area contributed by atoms with Crippen LogP contribution in [0.4, 0.5) is 4.39 Å². The van der Waals surface area contributed by atoms with Crippen molar-refractivity contribution in [1.82, 2.24) is 4.90 Å². The molecule has 0 bridgehead atoms. The fourth-order valence-corrected chi connectivity index (χ4v) is 3.10. The minimum atomic E-state index is -0.195. The Labute approximate surface area is 109 Å². The zero-order valence-electron chi connectivity index (χ0n) is 11.3. The van der Waals surface area contributed by atoms with Crippen LogP contribution < -0.4 is 5.73 Å². The van der Waals surface area contributed by atoms with Crippen LogP contribution in [0.3, 0.4) is 0 Å². The molecule has 0 radical (unpaired) electrons. The largest absolute Gasteiger partial charge is 0.326 e. The molecular formula is C15H23FN2. The van der Waals surface area contributed by atoms with E-state index in [0.29, 0.717) is 6.54 Å². The Balaban J connectivity index is 2.08. The zero-order chi connectivity index (χ0) is 13.1. The molecule has 2 rings (SSSR count). The summed E-state index contributed by atoms with van der Waals surface area (Å²) in [6.07, 6.45) is 1.31. The van der Waals surface area contributed by atoms with E-state index in [9.17, 15) is 4.39 Å². The molecule has 2 atom stereocenters. The van der Waals surface area contributed by atoms with E-state index >= 15 is 0 Å². The lowest BCUT2D eigenvalue weighted by Gasteiger charge is -2.35. The van der Waals surface area contributed by atoms with Gasteiger partial charge in [-0.05, 0) is 41.5 Å². The second kappa shape index (κ2) is 5.81. The van der Waals surface area contributed by atoms with Crippen LogP contribution in [0, 0.1) is 17.7 Å². The van der Waals surface area contributed by atoms with Gasteiger partial charge in [-0.15, -0.1) is 0 Å². The van der Waals surface area contributed by atoms with E-state index in [0.717, 1.165) is 37.0 Å². The Morgan fingerprint density at radius 2 is 1.89 bits per heavy atom. The standard InChI is InChI=1S/C15H23FN2/c1-11-5-12(2)9-18(8-11)10-13-3-4-15(16)6-14(13)7-17/h3-4,6,11-12H,5,7-10,17H2,1-2H3. The lowest BCUT2D eigenvalue weighted by atomic mass is 9.91. The quantitative estimate of drug-likeness (QED) is 0.893. The van der Waals surface area contributed by atoms with Crippen LogP contribution in [0.2, 0.25) is 0 Å². The highest BCUT2D eigenvalue weighted by molar-refractivity contribution is 5.27. The molecule has 0 spiro atoms. The Hall–Kier alpha value is -0.930. The number of nitrogens with two attached hydrogens (primary N) is 1. The lowest BCUT2D eigenvalue weighted by Crippen LogP contribution is -2.38. The van der Waals surface area contributed by atoms with Gasteiger partial charge in [0.05, 0.1) is 0 Å². The summed E-state index contributed by atoms with van der Waals surface area (Å²) in [6, 6.07) is 4.97. The maximum Gasteiger partial charge on any atom is 0.123 e. The number of rotatable bonds is 3. The van der Waals surface area contributed by atoms with Crippen LogP contribution in [0.5, 0.6) is 0 Å². The Morgan fingerprint density at radius 3 is 2.50 bits per heavy atom. The molecule has 1 aliphatic rings. The van der Waals surface area contributed by atoms with Gasteiger partial charge in [0, 0.05) is 26.2 Å². The number of benzene rings is 1. The normalized spacial score (nSPS) is 25.3. The Bertz CT molecular complexity index is 395. The number of hydrogen-bond donors (Lipinski definition) is 1.